The molecule has 2 rings (SSSR count). The fourth-order valence-electron chi connectivity index (χ4n) is 2.46. The van der Waals surface area contributed by atoms with Gasteiger partial charge in [0.25, 0.3) is 5.91 Å². The zero-order valence-electron chi connectivity index (χ0n) is 12.7. The number of nitrogens with zero attached hydrogens (tertiary/aromatic N) is 2. The first-order valence-electron chi connectivity index (χ1n) is 7.43. The average molecular weight is 311 g/mol. The van der Waals surface area contributed by atoms with Crippen molar-refractivity contribution in [3.8, 4) is 5.75 Å². The van der Waals surface area contributed by atoms with Crippen molar-refractivity contribution in [2.24, 2.45) is 5.92 Å². The summed E-state index contributed by atoms with van der Waals surface area (Å²) in [6, 6.07) is 7.06. The van der Waals surface area contributed by atoms with Gasteiger partial charge in [-0.05, 0) is 30.2 Å². The predicted octanol–water partition coefficient (Wildman–Crippen LogP) is 2.52. The van der Waals surface area contributed by atoms with Crippen molar-refractivity contribution in [2.45, 2.75) is 13.8 Å². The van der Waals surface area contributed by atoms with Crippen LogP contribution in [0.1, 0.15) is 13.8 Å². The van der Waals surface area contributed by atoms with Crippen LogP contribution in [-0.2, 0) is 4.79 Å². The number of hydrogen-bond donors (Lipinski definition) is 0. The molecule has 1 aliphatic rings. The molecule has 0 bridgehead atoms. The molecule has 1 fully saturated rings. The van der Waals surface area contributed by atoms with Crippen LogP contribution in [0.5, 0.6) is 5.75 Å². The van der Waals surface area contributed by atoms with E-state index in [9.17, 15) is 4.79 Å². The first kappa shape index (κ1) is 16.1. The zero-order chi connectivity index (χ0) is 15.2. The van der Waals surface area contributed by atoms with Gasteiger partial charge in [-0.1, -0.05) is 25.4 Å². The normalized spacial score (nSPS) is 16.3. The Kier molecular flexibility index (Phi) is 5.88. The molecular formula is C16H23ClN2O2. The van der Waals surface area contributed by atoms with E-state index in [-0.39, 0.29) is 12.5 Å². The third-order valence-electron chi connectivity index (χ3n) is 3.52. The Morgan fingerprint density at radius 2 is 1.81 bits per heavy atom. The van der Waals surface area contributed by atoms with Gasteiger partial charge in [0.05, 0.1) is 0 Å². The molecule has 0 N–H and O–H groups in total. The highest BCUT2D eigenvalue weighted by atomic mass is 35.5. The Labute approximate surface area is 131 Å². The summed E-state index contributed by atoms with van der Waals surface area (Å²) < 4.78 is 5.50. The number of halogens is 1. The monoisotopic (exact) mass is 310 g/mol. The summed E-state index contributed by atoms with van der Waals surface area (Å²) in [4.78, 5) is 16.4. The van der Waals surface area contributed by atoms with Gasteiger partial charge < -0.3 is 9.64 Å². The van der Waals surface area contributed by atoms with E-state index < -0.39 is 0 Å². The molecule has 116 valence electrons. The molecule has 1 aromatic rings. The summed E-state index contributed by atoms with van der Waals surface area (Å²) >= 11 is 5.81. The Bertz CT molecular complexity index is 454. The molecule has 5 heteroatoms. The van der Waals surface area contributed by atoms with Crippen LogP contribution in [0.25, 0.3) is 0 Å². The standard InChI is InChI=1S/C16H23ClN2O2/c1-13(2)11-18-7-9-19(10-8-18)16(20)12-21-15-5-3-14(17)4-6-15/h3-6,13H,7-12H2,1-2H3. The smallest absolute Gasteiger partial charge is 0.260 e. The molecule has 21 heavy (non-hydrogen) atoms. The van der Waals surface area contributed by atoms with Crippen LogP contribution in [0.2, 0.25) is 5.02 Å². The van der Waals surface area contributed by atoms with Gasteiger partial charge in [-0.25, -0.2) is 0 Å². The molecule has 0 radical (unpaired) electrons. The van der Waals surface area contributed by atoms with Crippen molar-refractivity contribution < 1.29 is 9.53 Å². The van der Waals surface area contributed by atoms with Gasteiger partial charge in [-0.15, -0.1) is 0 Å². The lowest BCUT2D eigenvalue weighted by Crippen LogP contribution is -2.50. The summed E-state index contributed by atoms with van der Waals surface area (Å²) in [5.41, 5.74) is 0. The third kappa shape index (κ3) is 5.21. The molecule has 1 saturated heterocycles. The molecule has 1 aromatic carbocycles. The van der Waals surface area contributed by atoms with Crippen molar-refractivity contribution in [2.75, 3.05) is 39.3 Å². The van der Waals surface area contributed by atoms with E-state index >= 15 is 0 Å². The number of ether oxygens (including phenoxy) is 1. The number of hydrogen-bond acceptors (Lipinski definition) is 3. The first-order valence-corrected chi connectivity index (χ1v) is 7.81. The van der Waals surface area contributed by atoms with Crippen molar-refractivity contribution in [1.29, 1.82) is 0 Å². The van der Waals surface area contributed by atoms with E-state index in [0.29, 0.717) is 16.7 Å². The Morgan fingerprint density at radius 1 is 1.19 bits per heavy atom. The number of benzene rings is 1. The van der Waals surface area contributed by atoms with Crippen LogP contribution < -0.4 is 4.74 Å². The van der Waals surface area contributed by atoms with E-state index in [1.54, 1.807) is 24.3 Å². The van der Waals surface area contributed by atoms with E-state index in [4.69, 9.17) is 16.3 Å². The first-order chi connectivity index (χ1) is 10.0. The lowest BCUT2D eigenvalue weighted by molar-refractivity contribution is -0.135. The SMILES string of the molecule is CC(C)CN1CCN(C(=O)COc2ccc(Cl)cc2)CC1. The highest BCUT2D eigenvalue weighted by Gasteiger charge is 2.21. The van der Waals surface area contributed by atoms with Crippen molar-refractivity contribution in [3.63, 3.8) is 0 Å². The van der Waals surface area contributed by atoms with Gasteiger partial charge in [0.2, 0.25) is 0 Å². The van der Waals surface area contributed by atoms with Gasteiger partial charge in [-0.2, -0.15) is 0 Å². The third-order valence-corrected chi connectivity index (χ3v) is 3.78. The zero-order valence-corrected chi connectivity index (χ0v) is 13.5. The van der Waals surface area contributed by atoms with Crippen molar-refractivity contribution >= 4 is 17.5 Å². The minimum atomic E-state index is 0.0501. The largest absolute Gasteiger partial charge is 0.484 e. The van der Waals surface area contributed by atoms with Gasteiger partial charge in [0, 0.05) is 37.7 Å². The molecule has 0 aliphatic carbocycles. The topological polar surface area (TPSA) is 32.8 Å². The quantitative estimate of drug-likeness (QED) is 0.838. The van der Waals surface area contributed by atoms with E-state index in [1.165, 1.54) is 0 Å². The molecule has 0 aromatic heterocycles. The minimum absolute atomic E-state index is 0.0501. The van der Waals surface area contributed by atoms with Gasteiger partial charge in [0.15, 0.2) is 6.61 Å². The summed E-state index contributed by atoms with van der Waals surface area (Å²) in [5.74, 6) is 1.39. The molecule has 1 aliphatic heterocycles. The van der Waals surface area contributed by atoms with Crippen molar-refractivity contribution in [3.05, 3.63) is 29.3 Å². The molecule has 0 atom stereocenters. The summed E-state index contributed by atoms with van der Waals surface area (Å²) in [7, 11) is 0. The maximum absolute atomic E-state index is 12.1. The summed E-state index contributed by atoms with van der Waals surface area (Å²) in [6.07, 6.45) is 0. The Hall–Kier alpha value is -1.26. The Morgan fingerprint density at radius 3 is 2.38 bits per heavy atom. The summed E-state index contributed by atoms with van der Waals surface area (Å²) in [5, 5.41) is 0.662. The number of piperazine rings is 1. The number of carbonyl (C=O) groups is 1. The maximum atomic E-state index is 12.1. The maximum Gasteiger partial charge on any atom is 0.260 e. The van der Waals surface area contributed by atoms with Gasteiger partial charge in [0.1, 0.15) is 5.75 Å². The van der Waals surface area contributed by atoms with Crippen LogP contribution in [0, 0.1) is 5.92 Å². The molecule has 1 amide bonds. The van der Waals surface area contributed by atoms with E-state index in [1.807, 2.05) is 4.90 Å². The van der Waals surface area contributed by atoms with E-state index in [2.05, 4.69) is 18.7 Å². The molecular weight excluding hydrogens is 288 g/mol. The second kappa shape index (κ2) is 7.66. The molecule has 0 spiro atoms. The van der Waals surface area contributed by atoms with Crippen LogP contribution in [-0.4, -0.2) is 55.0 Å². The lowest BCUT2D eigenvalue weighted by Gasteiger charge is -2.35. The number of rotatable bonds is 5. The molecule has 1 heterocycles. The highest BCUT2D eigenvalue weighted by molar-refractivity contribution is 6.30. The van der Waals surface area contributed by atoms with Crippen molar-refractivity contribution in [1.82, 2.24) is 9.80 Å². The molecule has 0 unspecified atom stereocenters. The van der Waals surface area contributed by atoms with Crippen LogP contribution in [0.15, 0.2) is 24.3 Å². The summed E-state index contributed by atoms with van der Waals surface area (Å²) in [6.45, 7) is 9.10. The fraction of sp³-hybridized carbons (Fsp3) is 0.562. The fourth-order valence-corrected chi connectivity index (χ4v) is 2.59. The Balaban J connectivity index is 1.73. The lowest BCUT2D eigenvalue weighted by atomic mass is 10.2. The number of carbonyl (C=O) groups excluding carboxylic acids is 1. The van der Waals surface area contributed by atoms with Crippen LogP contribution >= 0.6 is 11.6 Å². The highest BCUT2D eigenvalue weighted by Crippen LogP contribution is 2.15. The second-order valence-corrected chi connectivity index (χ2v) is 6.25. The molecule has 4 nitrogen and oxygen atoms in total. The number of amides is 1. The van der Waals surface area contributed by atoms with Crippen LogP contribution in [0.3, 0.4) is 0 Å². The molecule has 0 saturated carbocycles. The van der Waals surface area contributed by atoms with Crippen LogP contribution in [0.4, 0.5) is 0 Å². The van der Waals surface area contributed by atoms with Gasteiger partial charge >= 0.3 is 0 Å². The minimum Gasteiger partial charge on any atom is -0.484 e. The predicted molar refractivity (Wildman–Crippen MR) is 84.8 cm³/mol. The van der Waals surface area contributed by atoms with E-state index in [0.717, 1.165) is 32.7 Å². The second-order valence-electron chi connectivity index (χ2n) is 5.82. The van der Waals surface area contributed by atoms with Gasteiger partial charge in [-0.3, -0.25) is 9.69 Å². The average Bonchev–Trinajstić information content (AvgIpc) is 2.46.